The van der Waals surface area contributed by atoms with E-state index in [0.29, 0.717) is 15.7 Å². The van der Waals surface area contributed by atoms with Gasteiger partial charge in [0.2, 0.25) is 11.8 Å². The third-order valence-corrected chi connectivity index (χ3v) is 6.10. The summed E-state index contributed by atoms with van der Waals surface area (Å²) in [4.78, 5) is 23.6. The Morgan fingerprint density at radius 2 is 1.97 bits per heavy atom. The summed E-state index contributed by atoms with van der Waals surface area (Å²) in [5, 5.41) is 6.47. The van der Waals surface area contributed by atoms with Crippen molar-refractivity contribution in [2.45, 2.75) is 19.4 Å². The van der Waals surface area contributed by atoms with Crippen LogP contribution < -0.4 is 20.1 Å². The molecule has 0 bridgehead atoms. The molecule has 1 aromatic heterocycles. The Morgan fingerprint density at radius 3 is 2.62 bits per heavy atom. The van der Waals surface area contributed by atoms with Crippen LogP contribution in [0.3, 0.4) is 0 Å². The van der Waals surface area contributed by atoms with E-state index in [0.717, 1.165) is 36.5 Å². The number of likely N-dealkylation sites (N-methyl/N-ethyl adjacent to an activating group) is 1. The summed E-state index contributed by atoms with van der Waals surface area (Å²) < 4.78 is 11.5. The molecule has 1 fully saturated rings. The molecule has 10 heteroatoms. The third-order valence-electron chi connectivity index (χ3n) is 5.47. The monoisotopic (exact) mass is 501 g/mol. The van der Waals surface area contributed by atoms with Crippen molar-refractivity contribution >= 4 is 46.4 Å². The molecule has 1 saturated heterocycles. The van der Waals surface area contributed by atoms with E-state index in [4.69, 9.17) is 32.7 Å². The first-order valence-corrected chi connectivity index (χ1v) is 11.5. The lowest BCUT2D eigenvalue weighted by Crippen LogP contribution is -2.21. The van der Waals surface area contributed by atoms with Crippen LogP contribution in [0.4, 0.5) is 17.3 Å². The van der Waals surface area contributed by atoms with Gasteiger partial charge in [0.1, 0.15) is 17.4 Å². The van der Waals surface area contributed by atoms with Gasteiger partial charge < -0.3 is 25.0 Å². The predicted octanol–water partition coefficient (Wildman–Crippen LogP) is 5.18. The van der Waals surface area contributed by atoms with E-state index in [1.54, 1.807) is 18.2 Å². The second-order valence-electron chi connectivity index (χ2n) is 8.06. The molecular weight excluding hydrogens is 477 g/mol. The second kappa shape index (κ2) is 10.5. The van der Waals surface area contributed by atoms with E-state index in [9.17, 15) is 4.79 Å². The number of amides is 1. The Hall–Kier alpha value is -3.07. The van der Waals surface area contributed by atoms with E-state index >= 15 is 0 Å². The minimum Gasteiger partial charge on any atom is -0.489 e. The van der Waals surface area contributed by atoms with Gasteiger partial charge in [-0.3, -0.25) is 4.79 Å². The van der Waals surface area contributed by atoms with Crippen molar-refractivity contribution in [3.05, 3.63) is 63.8 Å². The standard InChI is InChI=1S/C24H25Cl2N5O3/c1-14-11-15(7-8-20(14)34-16-9-10-31(2)13-16)28-24-27-12-17(23(30-24)33-3)22(32)29-21-18(25)5-4-6-19(21)26/h4-8,11-12,16H,9-10,13H2,1-3H3,(H,29,32)(H,27,28,30)/t16-/m1/s1. The second-order valence-corrected chi connectivity index (χ2v) is 8.88. The van der Waals surface area contributed by atoms with Crippen LogP contribution in [0.15, 0.2) is 42.6 Å². The molecular formula is C24H25Cl2N5O3. The first-order valence-electron chi connectivity index (χ1n) is 10.7. The molecule has 0 saturated carbocycles. The molecule has 2 aromatic carbocycles. The number of halogens is 2. The number of methoxy groups -OCH3 is 1. The van der Waals surface area contributed by atoms with Crippen LogP contribution in [-0.2, 0) is 0 Å². The molecule has 178 valence electrons. The largest absolute Gasteiger partial charge is 0.489 e. The zero-order chi connectivity index (χ0) is 24.2. The van der Waals surface area contributed by atoms with Gasteiger partial charge in [0.15, 0.2) is 0 Å². The highest BCUT2D eigenvalue weighted by Crippen LogP contribution is 2.31. The van der Waals surface area contributed by atoms with Crippen LogP contribution in [0.2, 0.25) is 10.0 Å². The molecule has 8 nitrogen and oxygen atoms in total. The number of hydrogen-bond acceptors (Lipinski definition) is 7. The van der Waals surface area contributed by atoms with E-state index in [1.165, 1.54) is 13.3 Å². The minimum absolute atomic E-state index is 0.111. The summed E-state index contributed by atoms with van der Waals surface area (Å²) in [5.74, 6) is 0.762. The molecule has 2 heterocycles. The maximum Gasteiger partial charge on any atom is 0.262 e. The molecule has 0 spiro atoms. The third kappa shape index (κ3) is 5.52. The molecule has 0 aliphatic carbocycles. The summed E-state index contributed by atoms with van der Waals surface area (Å²) in [6.07, 6.45) is 2.61. The van der Waals surface area contributed by atoms with Gasteiger partial charge in [0, 0.05) is 25.0 Å². The molecule has 1 atom stereocenters. The number of hydrogen-bond donors (Lipinski definition) is 2. The average Bonchev–Trinajstić information content (AvgIpc) is 3.22. The number of aromatic nitrogens is 2. The summed E-state index contributed by atoms with van der Waals surface area (Å²) >= 11 is 12.3. The van der Waals surface area contributed by atoms with Crippen molar-refractivity contribution in [3.8, 4) is 11.6 Å². The van der Waals surface area contributed by atoms with Crippen molar-refractivity contribution in [3.63, 3.8) is 0 Å². The van der Waals surface area contributed by atoms with Crippen LogP contribution in [0.5, 0.6) is 11.6 Å². The van der Waals surface area contributed by atoms with Gasteiger partial charge in [-0.1, -0.05) is 29.3 Å². The molecule has 1 aliphatic heterocycles. The van der Waals surface area contributed by atoms with Crippen LogP contribution in [0.1, 0.15) is 22.3 Å². The first-order chi connectivity index (χ1) is 16.3. The van der Waals surface area contributed by atoms with Crippen molar-refractivity contribution in [1.29, 1.82) is 0 Å². The van der Waals surface area contributed by atoms with E-state index in [-0.39, 0.29) is 23.5 Å². The number of anilines is 3. The summed E-state index contributed by atoms with van der Waals surface area (Å²) in [7, 11) is 3.53. The number of likely N-dealkylation sites (tertiary alicyclic amines) is 1. The fourth-order valence-corrected chi connectivity index (χ4v) is 4.19. The molecule has 2 N–H and O–H groups in total. The fourth-order valence-electron chi connectivity index (χ4n) is 3.69. The quantitative estimate of drug-likeness (QED) is 0.460. The molecule has 1 amide bonds. The normalized spacial score (nSPS) is 15.7. The Labute approximate surface area is 208 Å². The molecule has 34 heavy (non-hydrogen) atoms. The number of para-hydroxylation sites is 1. The Morgan fingerprint density at radius 1 is 1.21 bits per heavy atom. The van der Waals surface area contributed by atoms with Crippen molar-refractivity contribution in [1.82, 2.24) is 14.9 Å². The smallest absolute Gasteiger partial charge is 0.262 e. The van der Waals surface area contributed by atoms with Gasteiger partial charge in [-0.2, -0.15) is 4.98 Å². The van der Waals surface area contributed by atoms with Gasteiger partial charge in [-0.05, 0) is 56.3 Å². The average molecular weight is 502 g/mol. The van der Waals surface area contributed by atoms with Crippen LogP contribution in [0.25, 0.3) is 0 Å². The lowest BCUT2D eigenvalue weighted by molar-refractivity contribution is 0.102. The summed E-state index contributed by atoms with van der Waals surface area (Å²) in [6.45, 7) is 3.96. The zero-order valence-electron chi connectivity index (χ0n) is 19.1. The fraction of sp³-hybridized carbons (Fsp3) is 0.292. The van der Waals surface area contributed by atoms with Crippen molar-refractivity contribution in [2.24, 2.45) is 0 Å². The number of nitrogens with zero attached hydrogens (tertiary/aromatic N) is 3. The molecule has 1 aliphatic rings. The first kappa shape index (κ1) is 24.1. The maximum atomic E-state index is 12.8. The predicted molar refractivity (Wildman–Crippen MR) is 134 cm³/mol. The minimum atomic E-state index is -0.492. The number of carbonyl (C=O) groups is 1. The molecule has 4 rings (SSSR count). The summed E-state index contributed by atoms with van der Waals surface area (Å²) in [6, 6.07) is 10.8. The van der Waals surface area contributed by atoms with Crippen LogP contribution >= 0.6 is 23.2 Å². The van der Waals surface area contributed by atoms with Crippen LogP contribution in [0, 0.1) is 6.92 Å². The Bertz CT molecular complexity index is 1190. The van der Waals surface area contributed by atoms with Gasteiger partial charge in [0.05, 0.1) is 22.8 Å². The van der Waals surface area contributed by atoms with Gasteiger partial charge in [-0.25, -0.2) is 4.98 Å². The zero-order valence-corrected chi connectivity index (χ0v) is 20.6. The number of rotatable bonds is 7. The van der Waals surface area contributed by atoms with Gasteiger partial charge >= 0.3 is 0 Å². The highest BCUT2D eigenvalue weighted by atomic mass is 35.5. The van der Waals surface area contributed by atoms with Gasteiger partial charge in [0.25, 0.3) is 5.91 Å². The summed E-state index contributed by atoms with van der Waals surface area (Å²) in [5.41, 5.74) is 2.24. The van der Waals surface area contributed by atoms with E-state index < -0.39 is 5.91 Å². The SMILES string of the molecule is COc1nc(Nc2ccc(O[C@@H]3CCN(C)C3)c(C)c2)ncc1C(=O)Nc1c(Cl)cccc1Cl. The molecule has 3 aromatic rings. The molecule has 0 radical (unpaired) electrons. The van der Waals surface area contributed by atoms with Crippen molar-refractivity contribution in [2.75, 3.05) is 37.9 Å². The highest BCUT2D eigenvalue weighted by Gasteiger charge is 2.22. The lowest BCUT2D eigenvalue weighted by Gasteiger charge is -2.16. The van der Waals surface area contributed by atoms with Crippen LogP contribution in [-0.4, -0.2) is 54.1 Å². The number of aryl methyl sites for hydroxylation is 1. The number of ether oxygens (including phenoxy) is 2. The number of carbonyl (C=O) groups excluding carboxylic acids is 1. The highest BCUT2D eigenvalue weighted by molar-refractivity contribution is 6.40. The lowest BCUT2D eigenvalue weighted by atomic mass is 10.2. The Balaban J connectivity index is 1.47. The number of nitrogens with one attached hydrogen (secondary N) is 2. The van der Waals surface area contributed by atoms with Crippen molar-refractivity contribution < 1.29 is 14.3 Å². The Kier molecular flexibility index (Phi) is 7.41. The van der Waals surface area contributed by atoms with E-state index in [2.05, 4.69) is 32.5 Å². The van der Waals surface area contributed by atoms with E-state index in [1.807, 2.05) is 25.1 Å². The number of benzene rings is 2. The van der Waals surface area contributed by atoms with Gasteiger partial charge in [-0.15, -0.1) is 0 Å². The maximum absolute atomic E-state index is 12.8. The molecule has 0 unspecified atom stereocenters. The topological polar surface area (TPSA) is 88.6 Å².